The maximum atomic E-state index is 12.7. The number of hydrogen-bond donors (Lipinski definition) is 1. The molecule has 0 aliphatic heterocycles. The lowest BCUT2D eigenvalue weighted by Crippen LogP contribution is -2.41. The van der Waals surface area contributed by atoms with Crippen LogP contribution in [0, 0.1) is 5.82 Å². The first-order valence-corrected chi connectivity index (χ1v) is 6.25. The molecule has 1 aromatic rings. The van der Waals surface area contributed by atoms with Gasteiger partial charge in [-0.15, -0.1) is 0 Å². The summed E-state index contributed by atoms with van der Waals surface area (Å²) in [5.41, 5.74) is 0. The Bertz CT molecular complexity index is 378. The van der Waals surface area contributed by atoms with Crippen molar-refractivity contribution in [1.82, 2.24) is 5.32 Å². The van der Waals surface area contributed by atoms with Gasteiger partial charge in [-0.1, -0.05) is 13.3 Å². The number of nitrogens with one attached hydrogen (secondary N) is 1. The van der Waals surface area contributed by atoms with E-state index in [1.54, 1.807) is 6.92 Å². The predicted molar refractivity (Wildman–Crippen MR) is 69.0 cm³/mol. The second kappa shape index (κ2) is 6.99. The van der Waals surface area contributed by atoms with Crippen molar-refractivity contribution in [3.63, 3.8) is 0 Å². The molecule has 100 valence electrons. The van der Waals surface area contributed by atoms with E-state index in [4.69, 9.17) is 4.74 Å². The number of rotatable bonds is 6. The molecule has 0 saturated heterocycles. The molecule has 0 saturated carbocycles. The van der Waals surface area contributed by atoms with Crippen molar-refractivity contribution in [3.8, 4) is 5.75 Å². The van der Waals surface area contributed by atoms with E-state index in [2.05, 4.69) is 12.2 Å². The van der Waals surface area contributed by atoms with Crippen molar-refractivity contribution in [2.45, 2.75) is 45.8 Å². The topological polar surface area (TPSA) is 38.3 Å². The van der Waals surface area contributed by atoms with Crippen LogP contribution in [0.15, 0.2) is 24.3 Å². The molecule has 4 heteroatoms. The number of halogens is 1. The van der Waals surface area contributed by atoms with Crippen molar-refractivity contribution in [2.75, 3.05) is 0 Å². The predicted octanol–water partition coefficient (Wildman–Crippen LogP) is 2.90. The van der Waals surface area contributed by atoms with E-state index in [0.29, 0.717) is 5.75 Å². The van der Waals surface area contributed by atoms with E-state index in [1.807, 2.05) is 6.92 Å². The molecule has 18 heavy (non-hydrogen) atoms. The van der Waals surface area contributed by atoms with Gasteiger partial charge in [-0.3, -0.25) is 4.79 Å². The standard InChI is InChI=1S/C14H20FNO2/c1-4-5-10(2)16-14(17)11(3)18-13-8-6-12(15)7-9-13/h6-11H,4-5H2,1-3H3,(H,16,17)/t10-,11+/m0/s1. The lowest BCUT2D eigenvalue weighted by molar-refractivity contribution is -0.127. The molecule has 1 rings (SSSR count). The Morgan fingerprint density at radius 2 is 1.94 bits per heavy atom. The summed E-state index contributed by atoms with van der Waals surface area (Å²) in [5, 5.41) is 2.87. The molecule has 1 amide bonds. The molecule has 0 radical (unpaired) electrons. The Labute approximate surface area is 107 Å². The van der Waals surface area contributed by atoms with Gasteiger partial charge >= 0.3 is 0 Å². The summed E-state index contributed by atoms with van der Waals surface area (Å²) in [5.74, 6) is 0.0125. The minimum Gasteiger partial charge on any atom is -0.481 e. The van der Waals surface area contributed by atoms with Crippen molar-refractivity contribution >= 4 is 5.91 Å². The van der Waals surface area contributed by atoms with Gasteiger partial charge in [0.1, 0.15) is 11.6 Å². The Balaban J connectivity index is 2.46. The third-order valence-corrected chi connectivity index (χ3v) is 2.61. The van der Waals surface area contributed by atoms with E-state index >= 15 is 0 Å². The summed E-state index contributed by atoms with van der Waals surface area (Å²) in [7, 11) is 0. The molecule has 0 aliphatic carbocycles. The average Bonchev–Trinajstić information content (AvgIpc) is 2.32. The van der Waals surface area contributed by atoms with Crippen molar-refractivity contribution in [1.29, 1.82) is 0 Å². The summed E-state index contributed by atoms with van der Waals surface area (Å²) in [4.78, 5) is 11.8. The number of hydrogen-bond acceptors (Lipinski definition) is 2. The SMILES string of the molecule is CCC[C@H](C)NC(=O)[C@@H](C)Oc1ccc(F)cc1. The maximum Gasteiger partial charge on any atom is 0.260 e. The van der Waals surface area contributed by atoms with Crippen LogP contribution in [0.5, 0.6) is 5.75 Å². The van der Waals surface area contributed by atoms with Crippen LogP contribution in [0.3, 0.4) is 0 Å². The fraction of sp³-hybridized carbons (Fsp3) is 0.500. The molecule has 0 unspecified atom stereocenters. The first-order chi connectivity index (χ1) is 8.52. The highest BCUT2D eigenvalue weighted by Crippen LogP contribution is 2.13. The van der Waals surface area contributed by atoms with Crippen LogP contribution < -0.4 is 10.1 Å². The highest BCUT2D eigenvalue weighted by molar-refractivity contribution is 5.80. The Morgan fingerprint density at radius 3 is 2.50 bits per heavy atom. The zero-order valence-electron chi connectivity index (χ0n) is 11.1. The first-order valence-electron chi connectivity index (χ1n) is 6.25. The Hall–Kier alpha value is -1.58. The number of carbonyl (C=O) groups excluding carboxylic acids is 1. The molecule has 0 fully saturated rings. The number of carbonyl (C=O) groups is 1. The first kappa shape index (κ1) is 14.5. The van der Waals surface area contributed by atoms with Gasteiger partial charge in [0.05, 0.1) is 0 Å². The molecular weight excluding hydrogens is 233 g/mol. The van der Waals surface area contributed by atoms with Crippen LogP contribution in [0.1, 0.15) is 33.6 Å². The summed E-state index contributed by atoms with van der Waals surface area (Å²) in [6.45, 7) is 5.71. The number of ether oxygens (including phenoxy) is 1. The molecule has 0 bridgehead atoms. The van der Waals surface area contributed by atoms with Gasteiger partial charge in [0.2, 0.25) is 0 Å². The minimum atomic E-state index is -0.588. The summed E-state index contributed by atoms with van der Waals surface area (Å²) in [6.07, 6.45) is 1.37. The highest BCUT2D eigenvalue weighted by Gasteiger charge is 2.16. The second-order valence-electron chi connectivity index (χ2n) is 4.41. The largest absolute Gasteiger partial charge is 0.481 e. The average molecular weight is 253 g/mol. The molecule has 0 heterocycles. The van der Waals surface area contributed by atoms with Crippen molar-refractivity contribution < 1.29 is 13.9 Å². The van der Waals surface area contributed by atoms with E-state index in [-0.39, 0.29) is 17.8 Å². The smallest absolute Gasteiger partial charge is 0.260 e. The van der Waals surface area contributed by atoms with Gasteiger partial charge in [0, 0.05) is 6.04 Å². The molecule has 0 aliphatic rings. The fourth-order valence-corrected chi connectivity index (χ4v) is 1.64. The lowest BCUT2D eigenvalue weighted by atomic mass is 10.2. The minimum absolute atomic E-state index is 0.141. The summed E-state index contributed by atoms with van der Waals surface area (Å²) < 4.78 is 18.1. The van der Waals surface area contributed by atoms with E-state index in [0.717, 1.165) is 12.8 Å². The van der Waals surface area contributed by atoms with Gasteiger partial charge in [0.25, 0.3) is 5.91 Å². The van der Waals surface area contributed by atoms with E-state index < -0.39 is 6.10 Å². The normalized spacial score (nSPS) is 13.8. The van der Waals surface area contributed by atoms with Crippen molar-refractivity contribution in [2.24, 2.45) is 0 Å². The van der Waals surface area contributed by atoms with Gasteiger partial charge in [-0.25, -0.2) is 4.39 Å². The zero-order chi connectivity index (χ0) is 13.5. The number of benzene rings is 1. The van der Waals surface area contributed by atoms with Crippen LogP contribution in [0.4, 0.5) is 4.39 Å². The van der Waals surface area contributed by atoms with Crippen LogP contribution in [-0.4, -0.2) is 18.1 Å². The van der Waals surface area contributed by atoms with Crippen LogP contribution >= 0.6 is 0 Å². The van der Waals surface area contributed by atoms with Crippen LogP contribution in [0.2, 0.25) is 0 Å². The van der Waals surface area contributed by atoms with Gasteiger partial charge in [-0.2, -0.15) is 0 Å². The zero-order valence-corrected chi connectivity index (χ0v) is 11.1. The Morgan fingerprint density at radius 1 is 1.33 bits per heavy atom. The second-order valence-corrected chi connectivity index (χ2v) is 4.41. The molecule has 3 nitrogen and oxygen atoms in total. The Kier molecular flexibility index (Phi) is 5.62. The maximum absolute atomic E-state index is 12.7. The van der Waals surface area contributed by atoms with E-state index in [1.165, 1.54) is 24.3 Å². The van der Waals surface area contributed by atoms with Crippen LogP contribution in [0.25, 0.3) is 0 Å². The highest BCUT2D eigenvalue weighted by atomic mass is 19.1. The third kappa shape index (κ3) is 4.73. The summed E-state index contributed by atoms with van der Waals surface area (Å²) in [6, 6.07) is 5.77. The quantitative estimate of drug-likeness (QED) is 0.846. The lowest BCUT2D eigenvalue weighted by Gasteiger charge is -2.18. The molecule has 0 spiro atoms. The fourth-order valence-electron chi connectivity index (χ4n) is 1.64. The number of amides is 1. The molecule has 1 aromatic carbocycles. The third-order valence-electron chi connectivity index (χ3n) is 2.61. The van der Waals surface area contributed by atoms with Gasteiger partial charge < -0.3 is 10.1 Å². The van der Waals surface area contributed by atoms with Crippen molar-refractivity contribution in [3.05, 3.63) is 30.1 Å². The van der Waals surface area contributed by atoms with E-state index in [9.17, 15) is 9.18 Å². The van der Waals surface area contributed by atoms with Crippen LogP contribution in [-0.2, 0) is 4.79 Å². The summed E-state index contributed by atoms with van der Waals surface area (Å²) >= 11 is 0. The molecule has 0 aromatic heterocycles. The van der Waals surface area contributed by atoms with Gasteiger partial charge in [0.15, 0.2) is 6.10 Å². The molecule has 1 N–H and O–H groups in total. The monoisotopic (exact) mass is 253 g/mol. The molecular formula is C14H20FNO2. The molecule has 2 atom stereocenters. The van der Waals surface area contributed by atoms with Gasteiger partial charge in [-0.05, 0) is 44.5 Å².